The first-order valence-corrected chi connectivity index (χ1v) is 5.69. The monoisotopic (exact) mass is 336 g/mol. The number of nitro groups is 1. The summed E-state index contributed by atoms with van der Waals surface area (Å²) in [7, 11) is 0. The van der Waals surface area contributed by atoms with Crippen molar-refractivity contribution in [3.8, 4) is 5.75 Å². The number of phenols is 1. The van der Waals surface area contributed by atoms with E-state index < -0.39 is 11.0 Å². The van der Waals surface area contributed by atoms with E-state index in [1.807, 2.05) is 6.92 Å². The van der Waals surface area contributed by atoms with Gasteiger partial charge in [-0.15, -0.1) is 19.0 Å². The summed E-state index contributed by atoms with van der Waals surface area (Å²) in [6.07, 6.45) is 0.459. The van der Waals surface area contributed by atoms with E-state index in [1.165, 1.54) is 6.07 Å². The first-order chi connectivity index (χ1) is 7.82. The zero-order chi connectivity index (χ0) is 13.2. The van der Waals surface area contributed by atoms with E-state index >= 15 is 0 Å². The molecule has 0 unspecified atom stereocenters. The Morgan fingerprint density at radius 3 is 2.67 bits per heavy atom. The van der Waals surface area contributed by atoms with Crippen molar-refractivity contribution in [1.82, 2.24) is 0 Å². The number of nitrogens with zero attached hydrogens (tertiary/aromatic N) is 1. The van der Waals surface area contributed by atoms with Crippen LogP contribution in [0.1, 0.15) is 24.9 Å². The lowest BCUT2D eigenvalue weighted by atomic mass is 10.00. The molecule has 0 saturated heterocycles. The lowest BCUT2D eigenvalue weighted by molar-refractivity contribution is -0.386. The van der Waals surface area contributed by atoms with Gasteiger partial charge in [-0.05, 0) is 19.4 Å². The van der Waals surface area contributed by atoms with Gasteiger partial charge in [0.25, 0.3) is 0 Å². The highest BCUT2D eigenvalue weighted by atomic mass is 79.9. The summed E-state index contributed by atoms with van der Waals surface area (Å²) in [5.74, 6) is -0.382. The Labute approximate surface area is 119 Å². The highest BCUT2D eigenvalue weighted by molar-refractivity contribution is 9.10. The third kappa shape index (κ3) is 3.97. The fraction of sp³-hybridized carbons (Fsp3) is 0.273. The number of aromatic hydroxyl groups is 1. The number of benzene rings is 1. The van der Waals surface area contributed by atoms with Crippen LogP contribution < -0.4 is 5.73 Å². The van der Waals surface area contributed by atoms with Gasteiger partial charge >= 0.3 is 5.69 Å². The van der Waals surface area contributed by atoms with Crippen LogP contribution in [0.4, 0.5) is 5.69 Å². The van der Waals surface area contributed by atoms with Gasteiger partial charge in [-0.3, -0.25) is 10.1 Å². The van der Waals surface area contributed by atoms with Gasteiger partial charge in [0.15, 0.2) is 5.75 Å². The van der Waals surface area contributed by atoms with Gasteiger partial charge in [0.1, 0.15) is 0 Å². The third-order valence-electron chi connectivity index (χ3n) is 2.25. The molecule has 0 fully saturated rings. The second-order valence-corrected chi connectivity index (χ2v) is 4.80. The molecule has 0 heterocycles. The highest BCUT2D eigenvalue weighted by Gasteiger charge is 2.22. The number of hydrogen-bond donors (Lipinski definition) is 2. The molecule has 0 saturated carbocycles. The molecule has 3 N–H and O–H groups in total. The first-order valence-electron chi connectivity index (χ1n) is 4.89. The summed E-state index contributed by atoms with van der Waals surface area (Å²) in [6, 6.07) is 2.31. The molecule has 1 rings (SSSR count). The summed E-state index contributed by atoms with van der Waals surface area (Å²) >= 11 is 3.16. The average Bonchev–Trinajstić information content (AvgIpc) is 2.19. The van der Waals surface area contributed by atoms with Crippen molar-refractivity contribution in [1.29, 1.82) is 0 Å². The molecular weight excluding hydrogens is 323 g/mol. The predicted octanol–water partition coefficient (Wildman–Crippen LogP) is 3.45. The van der Waals surface area contributed by atoms with Crippen LogP contribution in [0, 0.1) is 10.1 Å². The van der Waals surface area contributed by atoms with Crippen molar-refractivity contribution in [2.24, 2.45) is 5.73 Å². The van der Waals surface area contributed by atoms with E-state index in [1.54, 1.807) is 6.07 Å². The first kappa shape index (κ1) is 16.9. The molecule has 0 amide bonds. The van der Waals surface area contributed by atoms with Gasteiger partial charge in [0.2, 0.25) is 0 Å². The number of nitro benzene ring substituents is 1. The van der Waals surface area contributed by atoms with Gasteiger partial charge in [-0.25, -0.2) is 0 Å². The fourth-order valence-electron chi connectivity index (χ4n) is 1.51. The zero-order valence-electron chi connectivity index (χ0n) is 9.72. The SMILES string of the molecule is C=C(C)C[C@@H](N)c1cc(Br)cc([N+](=O)[O-])c1O.Cl. The number of halogens is 2. The summed E-state index contributed by atoms with van der Waals surface area (Å²) in [5, 5.41) is 20.5. The topological polar surface area (TPSA) is 89.4 Å². The quantitative estimate of drug-likeness (QED) is 0.500. The Balaban J connectivity index is 0.00000289. The molecule has 0 bridgehead atoms. The lowest BCUT2D eigenvalue weighted by Crippen LogP contribution is -2.11. The molecule has 1 atom stereocenters. The third-order valence-corrected chi connectivity index (χ3v) is 2.71. The fourth-order valence-corrected chi connectivity index (χ4v) is 1.98. The maximum absolute atomic E-state index is 10.7. The molecule has 0 aromatic heterocycles. The van der Waals surface area contributed by atoms with Crippen molar-refractivity contribution in [2.75, 3.05) is 0 Å². The van der Waals surface area contributed by atoms with Gasteiger partial charge < -0.3 is 10.8 Å². The maximum atomic E-state index is 10.7. The predicted molar refractivity (Wildman–Crippen MR) is 76.1 cm³/mol. The van der Waals surface area contributed by atoms with E-state index in [4.69, 9.17) is 5.73 Å². The zero-order valence-corrected chi connectivity index (χ0v) is 12.1. The van der Waals surface area contributed by atoms with E-state index in [0.717, 1.165) is 5.57 Å². The largest absolute Gasteiger partial charge is 0.502 e. The van der Waals surface area contributed by atoms with Crippen molar-refractivity contribution in [3.05, 3.63) is 44.4 Å². The standard InChI is InChI=1S/C11H13BrN2O3.ClH/c1-6(2)3-9(13)8-4-7(12)5-10(11(8)15)14(16)17;/h4-5,9,15H,1,3,13H2,2H3;1H/t9-;/m1./s1. The summed E-state index contributed by atoms with van der Waals surface area (Å²) < 4.78 is 0.508. The molecule has 1 aromatic carbocycles. The summed E-state index contributed by atoms with van der Waals surface area (Å²) in [5.41, 5.74) is 6.70. The van der Waals surface area contributed by atoms with E-state index in [-0.39, 0.29) is 23.8 Å². The molecule has 0 aliphatic rings. The van der Waals surface area contributed by atoms with Crippen molar-refractivity contribution < 1.29 is 10.0 Å². The molecule has 0 radical (unpaired) electrons. The molecule has 18 heavy (non-hydrogen) atoms. The Bertz CT molecular complexity index is 480. The minimum atomic E-state index is -0.642. The molecule has 5 nitrogen and oxygen atoms in total. The number of rotatable bonds is 4. The highest BCUT2D eigenvalue weighted by Crippen LogP contribution is 2.37. The van der Waals surface area contributed by atoms with Crippen LogP contribution in [0.5, 0.6) is 5.75 Å². The minimum Gasteiger partial charge on any atom is -0.502 e. The van der Waals surface area contributed by atoms with Crippen molar-refractivity contribution >= 4 is 34.0 Å². The maximum Gasteiger partial charge on any atom is 0.312 e. The van der Waals surface area contributed by atoms with Crippen LogP contribution in [0.15, 0.2) is 28.8 Å². The number of nitrogens with two attached hydrogens (primary N) is 1. The summed E-state index contributed by atoms with van der Waals surface area (Å²) in [4.78, 5) is 10.1. The molecule has 0 spiro atoms. The number of hydrogen-bond acceptors (Lipinski definition) is 4. The normalized spacial score (nSPS) is 11.5. The van der Waals surface area contributed by atoms with Gasteiger partial charge in [0, 0.05) is 22.1 Å². The molecule has 7 heteroatoms. The minimum absolute atomic E-state index is 0. The Morgan fingerprint density at radius 1 is 1.67 bits per heavy atom. The Hall–Kier alpha value is -1.11. The Kier molecular flexibility index (Phi) is 6.31. The number of phenolic OH excluding ortho intramolecular Hbond substituents is 1. The van der Waals surface area contributed by atoms with Crippen LogP contribution in [-0.2, 0) is 0 Å². The van der Waals surface area contributed by atoms with Gasteiger partial charge in [-0.2, -0.15) is 0 Å². The van der Waals surface area contributed by atoms with Crippen molar-refractivity contribution in [2.45, 2.75) is 19.4 Å². The average molecular weight is 338 g/mol. The van der Waals surface area contributed by atoms with E-state index in [0.29, 0.717) is 16.5 Å². The van der Waals surface area contributed by atoms with Crippen LogP contribution in [0.3, 0.4) is 0 Å². The second-order valence-electron chi connectivity index (χ2n) is 3.89. The Morgan fingerprint density at radius 2 is 2.22 bits per heavy atom. The molecular formula is C11H14BrClN2O3. The van der Waals surface area contributed by atoms with Crippen LogP contribution in [-0.4, -0.2) is 10.0 Å². The van der Waals surface area contributed by atoms with Gasteiger partial charge in [0.05, 0.1) is 4.92 Å². The van der Waals surface area contributed by atoms with Crippen LogP contribution >= 0.6 is 28.3 Å². The molecule has 100 valence electrons. The second kappa shape index (κ2) is 6.72. The lowest BCUT2D eigenvalue weighted by Gasteiger charge is -2.14. The smallest absolute Gasteiger partial charge is 0.312 e. The van der Waals surface area contributed by atoms with E-state index in [2.05, 4.69) is 22.5 Å². The molecule has 0 aliphatic carbocycles. The van der Waals surface area contributed by atoms with Crippen LogP contribution in [0.25, 0.3) is 0 Å². The summed E-state index contributed by atoms with van der Waals surface area (Å²) in [6.45, 7) is 5.53. The van der Waals surface area contributed by atoms with Crippen LogP contribution in [0.2, 0.25) is 0 Å². The van der Waals surface area contributed by atoms with Gasteiger partial charge in [-0.1, -0.05) is 21.5 Å². The molecule has 0 aliphatic heterocycles. The van der Waals surface area contributed by atoms with E-state index in [9.17, 15) is 15.2 Å². The van der Waals surface area contributed by atoms with Crippen molar-refractivity contribution in [3.63, 3.8) is 0 Å². The molecule has 1 aromatic rings.